The van der Waals surface area contributed by atoms with Gasteiger partial charge in [-0.3, -0.25) is 4.79 Å². The fraction of sp³-hybridized carbons (Fsp3) is 0.217. The number of nitrogens with two attached hydrogens (primary N) is 1. The van der Waals surface area contributed by atoms with Gasteiger partial charge in [0.25, 0.3) is 0 Å². The molecular weight excluding hydrogens is 406 g/mol. The van der Waals surface area contributed by atoms with E-state index in [0.717, 1.165) is 43.2 Å². The third-order valence-electron chi connectivity index (χ3n) is 5.05. The number of anilines is 4. The molecule has 1 amide bonds. The first-order valence-electron chi connectivity index (χ1n) is 10.2. The van der Waals surface area contributed by atoms with E-state index >= 15 is 0 Å². The first-order chi connectivity index (χ1) is 15.7. The molecule has 0 bridgehead atoms. The Morgan fingerprint density at radius 3 is 2.66 bits per heavy atom. The summed E-state index contributed by atoms with van der Waals surface area (Å²) in [6, 6.07) is 17.1. The van der Waals surface area contributed by atoms with Crippen molar-refractivity contribution in [2.24, 2.45) is 5.73 Å². The van der Waals surface area contributed by atoms with E-state index in [0.29, 0.717) is 22.9 Å². The Hall–Kier alpha value is -4.00. The van der Waals surface area contributed by atoms with Gasteiger partial charge < -0.3 is 26.0 Å². The summed E-state index contributed by atoms with van der Waals surface area (Å²) < 4.78 is 5.40. The minimum atomic E-state index is -0.359. The first-order valence-corrected chi connectivity index (χ1v) is 10.2. The Kier molecular flexibility index (Phi) is 6.55. The van der Waals surface area contributed by atoms with Crippen molar-refractivity contribution in [3.05, 3.63) is 60.3 Å². The van der Waals surface area contributed by atoms with E-state index in [2.05, 4.69) is 43.7 Å². The predicted molar refractivity (Wildman–Crippen MR) is 123 cm³/mol. The average Bonchev–Trinajstić information content (AvgIpc) is 2.85. The Balaban J connectivity index is 1.50. The maximum absolute atomic E-state index is 11.6. The lowest BCUT2D eigenvalue weighted by Crippen LogP contribution is -2.36. The SMILES string of the molecule is N#Cc1cc(-c2ccnc(Nc3ccc(N4CCOCC4)cc3)n2)ccc1NC(=O)CN. The molecule has 2 heterocycles. The monoisotopic (exact) mass is 429 g/mol. The van der Waals surface area contributed by atoms with Crippen LogP contribution in [0.15, 0.2) is 54.7 Å². The molecule has 3 aromatic rings. The van der Waals surface area contributed by atoms with E-state index in [1.807, 2.05) is 12.1 Å². The zero-order chi connectivity index (χ0) is 22.3. The highest BCUT2D eigenvalue weighted by atomic mass is 16.5. The maximum atomic E-state index is 11.6. The number of carbonyl (C=O) groups excluding carboxylic acids is 1. The van der Waals surface area contributed by atoms with Gasteiger partial charge >= 0.3 is 0 Å². The Morgan fingerprint density at radius 2 is 1.94 bits per heavy atom. The molecule has 1 fully saturated rings. The van der Waals surface area contributed by atoms with Gasteiger partial charge in [-0.25, -0.2) is 9.97 Å². The normalized spacial score (nSPS) is 13.3. The van der Waals surface area contributed by atoms with E-state index in [9.17, 15) is 10.1 Å². The quantitative estimate of drug-likeness (QED) is 0.545. The summed E-state index contributed by atoms with van der Waals surface area (Å²) in [7, 11) is 0. The van der Waals surface area contributed by atoms with Gasteiger partial charge in [0, 0.05) is 36.2 Å². The van der Waals surface area contributed by atoms with Crippen molar-refractivity contribution >= 4 is 28.9 Å². The minimum Gasteiger partial charge on any atom is -0.378 e. The van der Waals surface area contributed by atoms with Gasteiger partial charge in [-0.05, 0) is 42.5 Å². The van der Waals surface area contributed by atoms with Crippen LogP contribution in [0.3, 0.4) is 0 Å². The molecule has 0 saturated carbocycles. The van der Waals surface area contributed by atoms with Crippen LogP contribution in [0.2, 0.25) is 0 Å². The summed E-state index contributed by atoms with van der Waals surface area (Å²) in [5.41, 5.74) is 9.49. The number of amides is 1. The number of ether oxygens (including phenoxy) is 1. The topological polar surface area (TPSA) is 129 Å². The smallest absolute Gasteiger partial charge is 0.238 e. The molecule has 0 radical (unpaired) electrons. The lowest BCUT2D eigenvalue weighted by atomic mass is 10.1. The van der Waals surface area contributed by atoms with Crippen molar-refractivity contribution in [1.29, 1.82) is 5.26 Å². The second-order valence-electron chi connectivity index (χ2n) is 7.16. The number of benzene rings is 2. The highest BCUT2D eigenvalue weighted by molar-refractivity contribution is 5.93. The molecule has 4 rings (SSSR count). The van der Waals surface area contributed by atoms with Crippen LogP contribution >= 0.6 is 0 Å². The Morgan fingerprint density at radius 1 is 1.16 bits per heavy atom. The second kappa shape index (κ2) is 9.87. The van der Waals surface area contributed by atoms with Gasteiger partial charge in [-0.15, -0.1) is 0 Å². The number of nitrogens with one attached hydrogen (secondary N) is 2. The van der Waals surface area contributed by atoms with Gasteiger partial charge in [-0.2, -0.15) is 5.26 Å². The van der Waals surface area contributed by atoms with Crippen molar-refractivity contribution in [3.63, 3.8) is 0 Å². The number of rotatable bonds is 6. The molecule has 9 nitrogen and oxygen atoms in total. The zero-order valence-electron chi connectivity index (χ0n) is 17.4. The highest BCUT2D eigenvalue weighted by Crippen LogP contribution is 2.25. The number of hydrogen-bond donors (Lipinski definition) is 3. The molecule has 1 aromatic heterocycles. The van der Waals surface area contributed by atoms with Crippen molar-refractivity contribution in [1.82, 2.24) is 9.97 Å². The lowest BCUT2D eigenvalue weighted by molar-refractivity contribution is -0.114. The summed E-state index contributed by atoms with van der Waals surface area (Å²) in [5.74, 6) is 0.0862. The molecule has 32 heavy (non-hydrogen) atoms. The Labute approximate surface area is 185 Å². The fourth-order valence-corrected chi connectivity index (χ4v) is 3.39. The molecule has 0 spiro atoms. The van der Waals surface area contributed by atoms with Crippen LogP contribution in [0, 0.1) is 11.3 Å². The summed E-state index contributed by atoms with van der Waals surface area (Å²) in [4.78, 5) is 22.7. The molecule has 162 valence electrons. The summed E-state index contributed by atoms with van der Waals surface area (Å²) >= 11 is 0. The van der Waals surface area contributed by atoms with Gasteiger partial charge in [0.15, 0.2) is 0 Å². The molecule has 0 atom stereocenters. The molecule has 0 unspecified atom stereocenters. The highest BCUT2D eigenvalue weighted by Gasteiger charge is 2.12. The van der Waals surface area contributed by atoms with Crippen LogP contribution < -0.4 is 21.3 Å². The number of morpholine rings is 1. The van der Waals surface area contributed by atoms with Crippen molar-refractivity contribution < 1.29 is 9.53 Å². The van der Waals surface area contributed by atoms with E-state index in [4.69, 9.17) is 10.5 Å². The molecule has 9 heteroatoms. The van der Waals surface area contributed by atoms with Crippen LogP contribution in [0.5, 0.6) is 0 Å². The van der Waals surface area contributed by atoms with Crippen molar-refractivity contribution in [3.8, 4) is 17.3 Å². The van der Waals surface area contributed by atoms with E-state index in [-0.39, 0.29) is 12.5 Å². The molecule has 0 aliphatic carbocycles. The summed E-state index contributed by atoms with van der Waals surface area (Å²) in [6.07, 6.45) is 1.66. The number of nitrogens with zero attached hydrogens (tertiary/aromatic N) is 4. The predicted octanol–water partition coefficient (Wildman–Crippen LogP) is 2.49. The standard InChI is InChI=1S/C23H23N7O2/c24-14-17-13-16(1-6-20(17)28-22(31)15-25)21-7-8-26-23(29-21)27-18-2-4-19(5-3-18)30-9-11-32-12-10-30/h1-8,13H,9-12,15,25H2,(H,28,31)(H,26,27,29). The third-order valence-corrected chi connectivity index (χ3v) is 5.05. The van der Waals surface area contributed by atoms with E-state index in [1.54, 1.807) is 30.5 Å². The van der Waals surface area contributed by atoms with Crippen LogP contribution in [0.4, 0.5) is 23.0 Å². The Bertz CT molecular complexity index is 1140. The number of aromatic nitrogens is 2. The average molecular weight is 429 g/mol. The minimum absolute atomic E-state index is 0.152. The maximum Gasteiger partial charge on any atom is 0.238 e. The van der Waals surface area contributed by atoms with Gasteiger partial charge in [0.05, 0.1) is 36.7 Å². The number of hydrogen-bond acceptors (Lipinski definition) is 8. The molecule has 1 aliphatic heterocycles. The lowest BCUT2D eigenvalue weighted by Gasteiger charge is -2.28. The molecule has 1 aliphatic rings. The molecular formula is C23H23N7O2. The van der Waals surface area contributed by atoms with Crippen molar-refractivity contribution in [2.75, 3.05) is 48.4 Å². The number of nitriles is 1. The third kappa shape index (κ3) is 5.00. The largest absolute Gasteiger partial charge is 0.378 e. The van der Waals surface area contributed by atoms with Gasteiger partial charge in [-0.1, -0.05) is 6.07 Å². The zero-order valence-corrected chi connectivity index (χ0v) is 17.4. The van der Waals surface area contributed by atoms with Crippen molar-refractivity contribution in [2.45, 2.75) is 0 Å². The summed E-state index contributed by atoms with van der Waals surface area (Å²) in [5, 5.41) is 15.3. The van der Waals surface area contributed by atoms with Crippen LogP contribution in [0.1, 0.15) is 5.56 Å². The van der Waals surface area contributed by atoms with Gasteiger partial charge in [0.1, 0.15) is 6.07 Å². The van der Waals surface area contributed by atoms with Crippen LogP contribution in [-0.4, -0.2) is 48.7 Å². The van der Waals surface area contributed by atoms with E-state index < -0.39 is 0 Å². The first kappa shape index (κ1) is 21.2. The number of carbonyl (C=O) groups is 1. The molecule has 2 aromatic carbocycles. The van der Waals surface area contributed by atoms with E-state index in [1.165, 1.54) is 0 Å². The van der Waals surface area contributed by atoms with Crippen LogP contribution in [-0.2, 0) is 9.53 Å². The fourth-order valence-electron chi connectivity index (χ4n) is 3.39. The van der Waals surface area contributed by atoms with Crippen LogP contribution in [0.25, 0.3) is 11.3 Å². The summed E-state index contributed by atoms with van der Waals surface area (Å²) in [6.45, 7) is 3.11. The van der Waals surface area contributed by atoms with Gasteiger partial charge in [0.2, 0.25) is 11.9 Å². The molecule has 1 saturated heterocycles. The molecule has 4 N–H and O–H groups in total. The second-order valence-corrected chi connectivity index (χ2v) is 7.16.